The van der Waals surface area contributed by atoms with Gasteiger partial charge >= 0.3 is 5.97 Å². The molecular weight excluding hydrogens is 274 g/mol. The third-order valence-corrected chi connectivity index (χ3v) is 3.10. The molecule has 0 aromatic carbocycles. The van der Waals surface area contributed by atoms with Gasteiger partial charge in [0.25, 0.3) is 0 Å². The molecule has 2 rings (SSSR count). The Morgan fingerprint density at radius 3 is 2.90 bits per heavy atom. The van der Waals surface area contributed by atoms with Gasteiger partial charge in [-0.15, -0.1) is 0 Å². The van der Waals surface area contributed by atoms with Crippen LogP contribution in [-0.2, 0) is 19.1 Å². The molecule has 0 aromatic heterocycles. The monoisotopic (exact) mass is 297 g/mol. The highest BCUT2D eigenvalue weighted by Crippen LogP contribution is 2.26. The fourth-order valence-corrected chi connectivity index (χ4v) is 2.16. The van der Waals surface area contributed by atoms with Crippen LogP contribution in [0, 0.1) is 0 Å². The van der Waals surface area contributed by atoms with Gasteiger partial charge < -0.3 is 25.8 Å². The van der Waals surface area contributed by atoms with E-state index in [0.717, 1.165) is 19.3 Å². The maximum absolute atomic E-state index is 11.0. The van der Waals surface area contributed by atoms with Gasteiger partial charge in [-0.3, -0.25) is 9.59 Å². The Hall–Kier alpha value is -1.86. The van der Waals surface area contributed by atoms with E-state index in [1.165, 1.54) is 5.57 Å². The number of allylic oxidation sites excluding steroid dienone is 2. The number of nitrogens with zero attached hydrogens (tertiary/aromatic N) is 1. The maximum atomic E-state index is 11.0. The van der Waals surface area contributed by atoms with Crippen molar-refractivity contribution in [1.29, 1.82) is 0 Å². The molecule has 7 nitrogen and oxygen atoms in total. The van der Waals surface area contributed by atoms with Gasteiger partial charge in [-0.1, -0.05) is 11.6 Å². The second-order valence-electron chi connectivity index (χ2n) is 4.82. The molecule has 0 bridgehead atoms. The van der Waals surface area contributed by atoms with Gasteiger partial charge in [0, 0.05) is 12.4 Å². The predicted octanol–water partition coefficient (Wildman–Crippen LogP) is 0.218. The smallest absolute Gasteiger partial charge is 0.319 e. The highest BCUT2D eigenvalue weighted by atomic mass is 16.6. The lowest BCUT2D eigenvalue weighted by Crippen LogP contribution is -2.29. The van der Waals surface area contributed by atoms with Gasteiger partial charge in [-0.05, 0) is 26.2 Å². The zero-order valence-electron chi connectivity index (χ0n) is 12.2. The van der Waals surface area contributed by atoms with E-state index in [9.17, 15) is 4.79 Å². The SMILES string of the molecule is CC1=CN(C2CCC(COC(=O)CN)O2)C=CC1.NC=O. The first-order valence-electron chi connectivity index (χ1n) is 6.88. The Labute approximate surface area is 124 Å². The average Bonchev–Trinajstić information content (AvgIpc) is 2.94. The summed E-state index contributed by atoms with van der Waals surface area (Å²) in [6, 6.07) is 0. The Balaban J connectivity index is 0.000000677. The molecule has 1 fully saturated rings. The van der Waals surface area contributed by atoms with Gasteiger partial charge in [0.2, 0.25) is 6.41 Å². The molecule has 0 aromatic rings. The van der Waals surface area contributed by atoms with Crippen LogP contribution < -0.4 is 11.5 Å². The molecule has 0 spiro atoms. The van der Waals surface area contributed by atoms with E-state index in [0.29, 0.717) is 6.61 Å². The van der Waals surface area contributed by atoms with Crippen molar-refractivity contribution in [3.8, 4) is 0 Å². The van der Waals surface area contributed by atoms with E-state index < -0.39 is 0 Å². The fourth-order valence-electron chi connectivity index (χ4n) is 2.16. The van der Waals surface area contributed by atoms with E-state index in [1.807, 2.05) is 6.20 Å². The molecule has 1 amide bonds. The van der Waals surface area contributed by atoms with E-state index in [4.69, 9.17) is 20.0 Å². The fraction of sp³-hybridized carbons (Fsp3) is 0.571. The lowest BCUT2D eigenvalue weighted by atomic mass is 10.2. The van der Waals surface area contributed by atoms with Crippen LogP contribution in [0.25, 0.3) is 0 Å². The van der Waals surface area contributed by atoms with Crippen LogP contribution in [0.1, 0.15) is 26.2 Å². The predicted molar refractivity (Wildman–Crippen MR) is 77.5 cm³/mol. The van der Waals surface area contributed by atoms with Crippen LogP contribution in [0.4, 0.5) is 0 Å². The molecule has 2 aliphatic rings. The topological polar surface area (TPSA) is 108 Å². The Kier molecular flexibility index (Phi) is 7.49. The third-order valence-electron chi connectivity index (χ3n) is 3.10. The van der Waals surface area contributed by atoms with Gasteiger partial charge in [0.05, 0.1) is 12.6 Å². The largest absolute Gasteiger partial charge is 0.462 e. The summed E-state index contributed by atoms with van der Waals surface area (Å²) >= 11 is 0. The minimum atomic E-state index is -0.379. The molecule has 118 valence electrons. The number of esters is 1. The van der Waals surface area contributed by atoms with Crippen molar-refractivity contribution in [2.75, 3.05) is 13.2 Å². The minimum Gasteiger partial charge on any atom is -0.462 e. The minimum absolute atomic E-state index is 0.0190. The summed E-state index contributed by atoms with van der Waals surface area (Å²) in [7, 11) is 0. The summed E-state index contributed by atoms with van der Waals surface area (Å²) in [5.41, 5.74) is 10.7. The Morgan fingerprint density at radius 1 is 1.57 bits per heavy atom. The average molecular weight is 297 g/mol. The second-order valence-corrected chi connectivity index (χ2v) is 4.82. The van der Waals surface area contributed by atoms with Crippen molar-refractivity contribution in [2.45, 2.75) is 38.5 Å². The van der Waals surface area contributed by atoms with Crippen molar-refractivity contribution >= 4 is 12.4 Å². The number of primary amides is 1. The highest BCUT2D eigenvalue weighted by Gasteiger charge is 2.29. The summed E-state index contributed by atoms with van der Waals surface area (Å²) in [4.78, 5) is 21.6. The van der Waals surface area contributed by atoms with Crippen LogP contribution in [0.15, 0.2) is 24.0 Å². The molecule has 21 heavy (non-hydrogen) atoms. The molecule has 2 atom stereocenters. The van der Waals surface area contributed by atoms with Crippen molar-refractivity contribution in [1.82, 2.24) is 4.90 Å². The summed E-state index contributed by atoms with van der Waals surface area (Å²) in [6.45, 7) is 2.33. The van der Waals surface area contributed by atoms with Crippen molar-refractivity contribution < 1.29 is 19.1 Å². The quantitative estimate of drug-likeness (QED) is 0.567. The van der Waals surface area contributed by atoms with E-state index in [1.54, 1.807) is 0 Å². The number of ether oxygens (including phenoxy) is 2. The Morgan fingerprint density at radius 2 is 2.29 bits per heavy atom. The maximum Gasteiger partial charge on any atom is 0.319 e. The molecule has 0 saturated carbocycles. The number of nitrogens with two attached hydrogens (primary N) is 2. The number of hydrogen-bond donors (Lipinski definition) is 2. The summed E-state index contributed by atoms with van der Waals surface area (Å²) in [6.07, 6.45) is 9.41. The van der Waals surface area contributed by atoms with Crippen LogP contribution in [0.3, 0.4) is 0 Å². The molecule has 0 radical (unpaired) electrons. The number of rotatable bonds is 4. The molecule has 2 unspecified atom stereocenters. The lowest BCUT2D eigenvalue weighted by molar-refractivity contribution is -0.146. The van der Waals surface area contributed by atoms with E-state index in [-0.39, 0.29) is 31.3 Å². The standard InChI is InChI=1S/C13H20N2O3.CH3NO/c1-10-3-2-6-15(8-10)12-5-4-11(18-12)9-17-13(16)7-14;2-1-3/h2,6,8,11-12H,3-5,7,9,14H2,1H3;1H,(H2,2,3). The third kappa shape index (κ3) is 5.97. The number of carbonyl (C=O) groups is 2. The van der Waals surface area contributed by atoms with Crippen molar-refractivity contribution in [2.24, 2.45) is 11.5 Å². The number of hydrogen-bond acceptors (Lipinski definition) is 6. The highest BCUT2D eigenvalue weighted by molar-refractivity contribution is 5.71. The van der Waals surface area contributed by atoms with E-state index in [2.05, 4.69) is 29.8 Å². The zero-order valence-corrected chi connectivity index (χ0v) is 12.2. The Bertz CT molecular complexity index is 409. The van der Waals surface area contributed by atoms with Crippen LogP contribution in [0.5, 0.6) is 0 Å². The molecule has 2 heterocycles. The number of amides is 1. The van der Waals surface area contributed by atoms with E-state index >= 15 is 0 Å². The van der Waals surface area contributed by atoms with Crippen LogP contribution >= 0.6 is 0 Å². The lowest BCUT2D eigenvalue weighted by Gasteiger charge is -2.26. The molecule has 2 aliphatic heterocycles. The van der Waals surface area contributed by atoms with Gasteiger partial charge in [0.15, 0.2) is 0 Å². The number of carbonyl (C=O) groups excluding carboxylic acids is 2. The van der Waals surface area contributed by atoms with Crippen LogP contribution in [-0.4, -0.2) is 42.8 Å². The first-order valence-corrected chi connectivity index (χ1v) is 6.88. The van der Waals surface area contributed by atoms with Crippen molar-refractivity contribution in [3.63, 3.8) is 0 Å². The van der Waals surface area contributed by atoms with Crippen molar-refractivity contribution in [3.05, 3.63) is 24.0 Å². The van der Waals surface area contributed by atoms with Crippen LogP contribution in [0.2, 0.25) is 0 Å². The van der Waals surface area contributed by atoms with Gasteiger partial charge in [-0.2, -0.15) is 0 Å². The first kappa shape index (κ1) is 17.2. The van der Waals surface area contributed by atoms with Gasteiger partial charge in [-0.25, -0.2) is 0 Å². The normalized spacial score (nSPS) is 23.9. The molecular formula is C14H23N3O4. The zero-order chi connectivity index (χ0) is 15.7. The summed E-state index contributed by atoms with van der Waals surface area (Å²) in [5, 5.41) is 0. The van der Waals surface area contributed by atoms with Gasteiger partial charge in [0.1, 0.15) is 12.8 Å². The summed E-state index contributed by atoms with van der Waals surface area (Å²) in [5.74, 6) is -0.379. The molecule has 0 aliphatic carbocycles. The second kappa shape index (κ2) is 9.15. The first-order chi connectivity index (χ1) is 10.1. The molecule has 7 heteroatoms. The molecule has 1 saturated heterocycles. The molecule has 4 N–H and O–H groups in total. The summed E-state index contributed by atoms with van der Waals surface area (Å²) < 4.78 is 10.8.